The molecule has 0 amide bonds. The van der Waals surface area contributed by atoms with Gasteiger partial charge in [-0.15, -0.1) is 11.3 Å². The van der Waals surface area contributed by atoms with Crippen LogP contribution in [0, 0.1) is 15.9 Å². The van der Waals surface area contributed by atoms with Crippen LogP contribution in [0.15, 0.2) is 30.5 Å². The molecule has 8 nitrogen and oxygen atoms in total. The molecule has 0 unspecified atom stereocenters. The van der Waals surface area contributed by atoms with Gasteiger partial charge in [0.1, 0.15) is 22.6 Å². The van der Waals surface area contributed by atoms with Gasteiger partial charge in [0.2, 0.25) is 0 Å². The summed E-state index contributed by atoms with van der Waals surface area (Å²) in [6.45, 7) is 5.01. The molecule has 31 heavy (non-hydrogen) atoms. The van der Waals surface area contributed by atoms with Crippen molar-refractivity contribution in [2.75, 3.05) is 19.6 Å². The number of halogens is 1. The lowest BCUT2D eigenvalue weighted by molar-refractivity contribution is -0.389. The van der Waals surface area contributed by atoms with Crippen LogP contribution in [0.5, 0.6) is 6.01 Å². The monoisotopic (exact) mass is 463 g/mol. The molecule has 1 aromatic carbocycles. The van der Waals surface area contributed by atoms with Gasteiger partial charge in [0.05, 0.1) is 12.2 Å². The van der Waals surface area contributed by atoms with E-state index in [2.05, 4.69) is 9.88 Å². The van der Waals surface area contributed by atoms with E-state index in [0.717, 1.165) is 42.2 Å². The molecule has 0 N–H and O–H groups in total. The van der Waals surface area contributed by atoms with Crippen molar-refractivity contribution < 1.29 is 14.1 Å². The van der Waals surface area contributed by atoms with E-state index < -0.39 is 10.5 Å². The second kappa shape index (κ2) is 8.21. The van der Waals surface area contributed by atoms with Gasteiger partial charge in [0, 0.05) is 41.5 Å². The molecule has 0 fully saturated rings. The first-order chi connectivity index (χ1) is 14.4. The predicted molar refractivity (Wildman–Crippen MR) is 120 cm³/mol. The zero-order chi connectivity index (χ0) is 20.9. The average molecular weight is 464 g/mol. The quantitative estimate of drug-likeness (QED) is 0.435. The van der Waals surface area contributed by atoms with E-state index in [1.807, 2.05) is 6.92 Å². The Bertz CT molecular complexity index is 1070. The number of benzene rings is 1. The fourth-order valence-corrected chi connectivity index (χ4v) is 5.22. The van der Waals surface area contributed by atoms with Gasteiger partial charge in [0.25, 0.3) is 0 Å². The fourth-order valence-electron chi connectivity index (χ4n) is 4.12. The van der Waals surface area contributed by atoms with Gasteiger partial charge in [-0.2, -0.15) is 13.5 Å². The van der Waals surface area contributed by atoms with Crippen molar-refractivity contribution in [1.82, 2.24) is 19.4 Å². The lowest BCUT2D eigenvalue weighted by Gasteiger charge is -2.29. The lowest BCUT2D eigenvalue weighted by Crippen LogP contribution is -2.45. The van der Waals surface area contributed by atoms with E-state index in [1.165, 1.54) is 23.2 Å². The summed E-state index contributed by atoms with van der Waals surface area (Å²) in [5, 5.41) is 11.8. The second-order valence-electron chi connectivity index (χ2n) is 7.99. The van der Waals surface area contributed by atoms with Crippen molar-refractivity contribution in [2.45, 2.75) is 31.9 Å². The Morgan fingerprint density at radius 2 is 2.00 bits per heavy atom. The highest BCUT2D eigenvalue weighted by Gasteiger charge is 2.41. The Hall–Kier alpha value is -2.50. The number of rotatable bonds is 4. The molecular weight excluding hydrogens is 441 g/mol. The van der Waals surface area contributed by atoms with Gasteiger partial charge in [0.15, 0.2) is 0 Å². The highest BCUT2D eigenvalue weighted by molar-refractivity contribution is 7.59. The van der Waals surface area contributed by atoms with Crippen LogP contribution in [0.2, 0.25) is 0 Å². The Morgan fingerprint density at radius 3 is 2.71 bits per heavy atom. The summed E-state index contributed by atoms with van der Waals surface area (Å²) in [6.07, 6.45) is 3.18. The van der Waals surface area contributed by atoms with E-state index in [1.54, 1.807) is 28.0 Å². The number of fused-ring (bicyclic) bond motifs is 2. The van der Waals surface area contributed by atoms with Crippen LogP contribution in [0.4, 0.5) is 10.2 Å². The number of ether oxygens (including phenoxy) is 1. The van der Waals surface area contributed by atoms with Gasteiger partial charge in [-0.05, 0) is 42.5 Å². The summed E-state index contributed by atoms with van der Waals surface area (Å²) >= 11 is 1.68. The summed E-state index contributed by atoms with van der Waals surface area (Å²) in [5.74, 6) is -0.430. The van der Waals surface area contributed by atoms with Crippen LogP contribution in [0.1, 0.15) is 17.5 Å². The molecule has 0 saturated heterocycles. The number of nitrogens with zero attached hydrogens (tertiary/aromatic N) is 5. The number of imidazole rings is 1. The zero-order valence-electron chi connectivity index (χ0n) is 16.9. The Morgan fingerprint density at radius 1 is 1.26 bits per heavy atom. The number of hydrogen-bond donors (Lipinski definition) is 0. The van der Waals surface area contributed by atoms with E-state index in [-0.39, 0.29) is 25.1 Å². The van der Waals surface area contributed by atoms with Gasteiger partial charge < -0.3 is 14.9 Å². The molecule has 2 aromatic heterocycles. The minimum Gasteiger partial charge on any atom is -0.436 e. The first kappa shape index (κ1) is 21.7. The van der Waals surface area contributed by atoms with Crippen LogP contribution >= 0.6 is 24.8 Å². The lowest BCUT2D eigenvalue weighted by atomic mass is 10.1. The third-order valence-corrected chi connectivity index (χ3v) is 6.71. The smallest absolute Gasteiger partial charge is 0.415 e. The first-order valence-electron chi connectivity index (χ1n) is 9.76. The van der Waals surface area contributed by atoms with Gasteiger partial charge in [-0.3, -0.25) is 9.47 Å². The Kier molecular flexibility index (Phi) is 5.75. The highest BCUT2D eigenvalue weighted by Crippen LogP contribution is 2.33. The third-order valence-electron chi connectivity index (χ3n) is 5.50. The van der Waals surface area contributed by atoms with Crippen molar-refractivity contribution >= 4 is 30.7 Å². The largest absolute Gasteiger partial charge is 0.436 e. The SMILES string of the molecule is C[C@]1(CN2CCc3nc(-c4ccc(F)cc4)sc3CC2)Cn2cc([N+](=O)[O-])nc2O1.S. The van der Waals surface area contributed by atoms with Crippen molar-refractivity contribution in [3.63, 3.8) is 0 Å². The molecule has 2 aliphatic heterocycles. The van der Waals surface area contributed by atoms with Crippen LogP contribution in [0.3, 0.4) is 0 Å². The van der Waals surface area contributed by atoms with Crippen molar-refractivity contribution in [2.24, 2.45) is 0 Å². The second-order valence-corrected chi connectivity index (χ2v) is 9.07. The first-order valence-corrected chi connectivity index (χ1v) is 10.6. The molecule has 2 aliphatic rings. The summed E-state index contributed by atoms with van der Waals surface area (Å²) < 4.78 is 20.9. The molecule has 0 saturated carbocycles. The standard InChI is InChI=1S/C20H20FN5O3S.H2S/c1-20(12-25-10-17(26(27)28)23-19(25)29-20)11-24-8-6-15-16(7-9-24)30-18(22-15)13-2-4-14(21)5-3-13;/h2-5,10H,6-9,11-12H2,1H3;1H2/t20-;/m0./s1. The molecule has 0 radical (unpaired) electrons. The van der Waals surface area contributed by atoms with E-state index in [4.69, 9.17) is 9.72 Å². The minimum absolute atomic E-state index is 0. The molecule has 4 heterocycles. The molecule has 164 valence electrons. The van der Waals surface area contributed by atoms with E-state index in [0.29, 0.717) is 19.1 Å². The number of hydrogen-bond acceptors (Lipinski definition) is 7. The maximum Gasteiger partial charge on any atom is 0.415 e. The van der Waals surface area contributed by atoms with Crippen LogP contribution < -0.4 is 4.74 Å². The summed E-state index contributed by atoms with van der Waals surface area (Å²) in [7, 11) is 0. The molecule has 0 bridgehead atoms. The van der Waals surface area contributed by atoms with Crippen molar-refractivity contribution in [3.05, 3.63) is 57.0 Å². The molecule has 0 aliphatic carbocycles. The van der Waals surface area contributed by atoms with Crippen molar-refractivity contribution in [1.29, 1.82) is 0 Å². The van der Waals surface area contributed by atoms with Gasteiger partial charge in [-0.25, -0.2) is 9.37 Å². The van der Waals surface area contributed by atoms with E-state index in [9.17, 15) is 14.5 Å². The summed E-state index contributed by atoms with van der Waals surface area (Å²) in [5.41, 5.74) is 1.59. The Balaban J connectivity index is 0.00000231. The zero-order valence-corrected chi connectivity index (χ0v) is 18.7. The molecule has 1 atom stereocenters. The Labute approximate surface area is 189 Å². The number of thiazole rings is 1. The molecular formula is C20H22FN5O3S2. The maximum atomic E-state index is 13.2. The van der Waals surface area contributed by atoms with Crippen molar-refractivity contribution in [3.8, 4) is 16.6 Å². The normalized spacial score (nSPS) is 20.3. The van der Waals surface area contributed by atoms with Gasteiger partial charge >= 0.3 is 11.8 Å². The van der Waals surface area contributed by atoms with Crippen LogP contribution in [0.25, 0.3) is 10.6 Å². The topological polar surface area (TPSA) is 86.3 Å². The predicted octanol–water partition coefficient (Wildman–Crippen LogP) is 3.42. The van der Waals surface area contributed by atoms with Crippen LogP contribution in [-0.4, -0.2) is 49.6 Å². The summed E-state index contributed by atoms with van der Waals surface area (Å²) in [4.78, 5) is 22.8. The number of nitro groups is 1. The highest BCUT2D eigenvalue weighted by atomic mass is 32.1. The molecule has 0 spiro atoms. The van der Waals surface area contributed by atoms with Crippen LogP contribution in [-0.2, 0) is 19.4 Å². The molecule has 3 aromatic rings. The summed E-state index contributed by atoms with van der Waals surface area (Å²) in [6, 6.07) is 6.78. The molecule has 11 heteroatoms. The molecule has 5 rings (SSSR count). The van der Waals surface area contributed by atoms with Gasteiger partial charge in [-0.1, -0.05) is 0 Å². The third kappa shape index (κ3) is 4.30. The minimum atomic E-state index is -0.508. The fraction of sp³-hybridized carbons (Fsp3) is 0.400. The maximum absolute atomic E-state index is 13.2. The average Bonchev–Trinajstić information content (AvgIpc) is 3.32. The number of aromatic nitrogens is 3. The van der Waals surface area contributed by atoms with E-state index >= 15 is 0 Å².